The van der Waals surface area contributed by atoms with E-state index in [1.807, 2.05) is 19.1 Å². The van der Waals surface area contributed by atoms with Crippen LogP contribution in [0.3, 0.4) is 0 Å². The third-order valence-corrected chi connectivity index (χ3v) is 5.75. The summed E-state index contributed by atoms with van der Waals surface area (Å²) in [5.74, 6) is 0. The van der Waals surface area contributed by atoms with Crippen molar-refractivity contribution in [2.24, 2.45) is 0 Å². The molecule has 106 valence electrons. The molecule has 2 N–H and O–H groups in total. The van der Waals surface area contributed by atoms with Crippen LogP contribution in [0.4, 0.5) is 11.4 Å². The summed E-state index contributed by atoms with van der Waals surface area (Å²) < 4.78 is 26.9. The normalized spacial score (nSPS) is 11.3. The molecule has 20 heavy (non-hydrogen) atoms. The van der Waals surface area contributed by atoms with Crippen LogP contribution < -0.4 is 10.0 Å². The monoisotopic (exact) mass is 354 g/mol. The second-order valence-corrected chi connectivity index (χ2v) is 7.29. The maximum atomic E-state index is 12.6. The van der Waals surface area contributed by atoms with E-state index in [1.54, 1.807) is 24.3 Å². The highest BCUT2D eigenvalue weighted by atomic mass is 79.9. The van der Waals surface area contributed by atoms with Crippen LogP contribution in [0.15, 0.2) is 51.8 Å². The zero-order valence-electron chi connectivity index (χ0n) is 11.2. The number of nitrogen functional groups attached to an aromatic ring is 1. The molecular weight excluding hydrogens is 340 g/mol. The van der Waals surface area contributed by atoms with Crippen LogP contribution in [0, 0.1) is 6.92 Å². The van der Waals surface area contributed by atoms with E-state index in [0.717, 1.165) is 5.56 Å². The molecule has 4 nitrogen and oxygen atoms in total. The van der Waals surface area contributed by atoms with Crippen LogP contribution in [-0.4, -0.2) is 15.5 Å². The Morgan fingerprint density at radius 2 is 1.70 bits per heavy atom. The molecule has 0 bridgehead atoms. The molecule has 0 aliphatic heterocycles. The fourth-order valence-corrected chi connectivity index (χ4v) is 4.02. The molecule has 0 unspecified atom stereocenters. The highest BCUT2D eigenvalue weighted by Crippen LogP contribution is 2.29. The van der Waals surface area contributed by atoms with Crippen LogP contribution in [0.5, 0.6) is 0 Å². The van der Waals surface area contributed by atoms with Gasteiger partial charge in [0.2, 0.25) is 0 Å². The molecule has 0 atom stereocenters. The number of halogens is 1. The molecule has 0 spiro atoms. The Morgan fingerprint density at radius 1 is 1.10 bits per heavy atom. The number of hydrogen-bond acceptors (Lipinski definition) is 3. The molecule has 2 aromatic carbocycles. The molecule has 0 saturated heterocycles. The van der Waals surface area contributed by atoms with Gasteiger partial charge >= 0.3 is 0 Å². The molecule has 0 saturated carbocycles. The lowest BCUT2D eigenvalue weighted by atomic mass is 10.2. The molecule has 0 aromatic heterocycles. The quantitative estimate of drug-likeness (QED) is 0.861. The van der Waals surface area contributed by atoms with E-state index in [-0.39, 0.29) is 4.90 Å². The van der Waals surface area contributed by atoms with Gasteiger partial charge in [0.05, 0.1) is 5.69 Å². The van der Waals surface area contributed by atoms with Crippen molar-refractivity contribution in [2.45, 2.75) is 11.8 Å². The van der Waals surface area contributed by atoms with Gasteiger partial charge in [0.1, 0.15) is 4.90 Å². The predicted octanol–water partition coefficient (Wildman–Crippen LogP) is 3.16. The van der Waals surface area contributed by atoms with Gasteiger partial charge in [-0.25, -0.2) is 8.42 Å². The zero-order chi connectivity index (χ0) is 14.9. The van der Waals surface area contributed by atoms with Crippen LogP contribution in [-0.2, 0) is 10.0 Å². The molecule has 0 heterocycles. The van der Waals surface area contributed by atoms with Crippen molar-refractivity contribution in [1.29, 1.82) is 0 Å². The number of hydrogen-bond donors (Lipinski definition) is 1. The van der Waals surface area contributed by atoms with Gasteiger partial charge in [-0.2, -0.15) is 0 Å². The maximum absolute atomic E-state index is 12.6. The third-order valence-electron chi connectivity index (χ3n) is 2.99. The minimum absolute atomic E-state index is 0.190. The van der Waals surface area contributed by atoms with Gasteiger partial charge in [0.15, 0.2) is 0 Å². The average Bonchev–Trinajstić information content (AvgIpc) is 2.38. The van der Waals surface area contributed by atoms with Crippen molar-refractivity contribution in [3.63, 3.8) is 0 Å². The number of sulfonamides is 1. The molecule has 2 aromatic rings. The van der Waals surface area contributed by atoms with E-state index in [4.69, 9.17) is 5.73 Å². The van der Waals surface area contributed by atoms with E-state index in [1.165, 1.54) is 17.4 Å². The second-order valence-electron chi connectivity index (χ2n) is 4.50. The number of nitrogens with zero attached hydrogens (tertiary/aromatic N) is 1. The summed E-state index contributed by atoms with van der Waals surface area (Å²) in [5.41, 5.74) is 7.83. The van der Waals surface area contributed by atoms with E-state index in [2.05, 4.69) is 15.9 Å². The van der Waals surface area contributed by atoms with Crippen molar-refractivity contribution < 1.29 is 8.42 Å². The van der Waals surface area contributed by atoms with Gasteiger partial charge < -0.3 is 5.73 Å². The summed E-state index contributed by atoms with van der Waals surface area (Å²) in [4.78, 5) is 0.190. The first-order valence-electron chi connectivity index (χ1n) is 5.93. The zero-order valence-corrected chi connectivity index (χ0v) is 13.6. The molecular formula is C14H15BrN2O2S. The lowest BCUT2D eigenvalue weighted by Gasteiger charge is -2.20. The number of aryl methyl sites for hydroxylation is 1. The Bertz CT molecular complexity index is 727. The van der Waals surface area contributed by atoms with Crippen LogP contribution in [0.25, 0.3) is 0 Å². The smallest absolute Gasteiger partial charge is 0.265 e. The molecule has 0 radical (unpaired) electrons. The number of nitrogens with two attached hydrogens (primary N) is 1. The maximum Gasteiger partial charge on any atom is 0.265 e. The number of rotatable bonds is 3. The molecule has 0 amide bonds. The topological polar surface area (TPSA) is 63.4 Å². The SMILES string of the molecule is Cc1ccc(N(C)S(=O)(=O)c2ccc(N)cc2Br)cc1. The highest BCUT2D eigenvalue weighted by molar-refractivity contribution is 9.10. The summed E-state index contributed by atoms with van der Waals surface area (Å²) in [6, 6.07) is 11.9. The first-order valence-corrected chi connectivity index (χ1v) is 8.16. The van der Waals surface area contributed by atoms with Crippen molar-refractivity contribution in [2.75, 3.05) is 17.1 Å². The Balaban J connectivity index is 2.46. The Labute approximate surface area is 127 Å². The fraction of sp³-hybridized carbons (Fsp3) is 0.143. The first-order chi connectivity index (χ1) is 9.32. The summed E-state index contributed by atoms with van der Waals surface area (Å²) in [5, 5.41) is 0. The lowest BCUT2D eigenvalue weighted by molar-refractivity contribution is 0.594. The molecule has 0 aliphatic carbocycles. The van der Waals surface area contributed by atoms with Gasteiger partial charge in [-0.15, -0.1) is 0 Å². The van der Waals surface area contributed by atoms with Crippen molar-refractivity contribution in [1.82, 2.24) is 0 Å². The Morgan fingerprint density at radius 3 is 2.25 bits per heavy atom. The van der Waals surface area contributed by atoms with Crippen LogP contribution in [0.2, 0.25) is 0 Å². The largest absolute Gasteiger partial charge is 0.399 e. The Kier molecular flexibility index (Phi) is 4.06. The minimum Gasteiger partial charge on any atom is -0.399 e. The average molecular weight is 355 g/mol. The number of anilines is 2. The van der Waals surface area contributed by atoms with Crippen LogP contribution in [0.1, 0.15) is 5.56 Å². The first kappa shape index (κ1) is 14.9. The van der Waals surface area contributed by atoms with Crippen molar-refractivity contribution >= 4 is 37.3 Å². The minimum atomic E-state index is -3.62. The second kappa shape index (κ2) is 5.46. The van der Waals surface area contributed by atoms with E-state index >= 15 is 0 Å². The van der Waals surface area contributed by atoms with Crippen LogP contribution >= 0.6 is 15.9 Å². The molecule has 0 aliphatic rings. The molecule has 2 rings (SSSR count). The fourth-order valence-electron chi connectivity index (χ4n) is 1.77. The van der Waals surface area contributed by atoms with Gasteiger partial charge in [-0.3, -0.25) is 4.31 Å². The Hall–Kier alpha value is -1.53. The van der Waals surface area contributed by atoms with Gasteiger partial charge in [-0.1, -0.05) is 17.7 Å². The molecule has 6 heteroatoms. The summed E-state index contributed by atoms with van der Waals surface area (Å²) in [6.45, 7) is 1.95. The third kappa shape index (κ3) is 2.81. The highest BCUT2D eigenvalue weighted by Gasteiger charge is 2.23. The lowest BCUT2D eigenvalue weighted by Crippen LogP contribution is -2.26. The standard InChI is InChI=1S/C14H15BrN2O2S/c1-10-3-6-12(7-4-10)17(2)20(18,19)14-8-5-11(16)9-13(14)15/h3-9H,16H2,1-2H3. The molecule has 0 fully saturated rings. The summed E-state index contributed by atoms with van der Waals surface area (Å²) in [7, 11) is -2.09. The van der Waals surface area contributed by atoms with Gasteiger partial charge in [0, 0.05) is 17.2 Å². The summed E-state index contributed by atoms with van der Waals surface area (Å²) >= 11 is 3.25. The van der Waals surface area contributed by atoms with E-state index < -0.39 is 10.0 Å². The van der Waals surface area contributed by atoms with E-state index in [9.17, 15) is 8.42 Å². The van der Waals surface area contributed by atoms with E-state index in [0.29, 0.717) is 15.8 Å². The van der Waals surface area contributed by atoms with Crippen molar-refractivity contribution in [3.05, 3.63) is 52.5 Å². The van der Waals surface area contributed by atoms with Gasteiger partial charge in [0.25, 0.3) is 10.0 Å². The predicted molar refractivity (Wildman–Crippen MR) is 85.3 cm³/mol. The van der Waals surface area contributed by atoms with Crippen molar-refractivity contribution in [3.8, 4) is 0 Å². The number of benzene rings is 2. The summed E-state index contributed by atoms with van der Waals surface area (Å²) in [6.07, 6.45) is 0. The van der Waals surface area contributed by atoms with Gasteiger partial charge in [-0.05, 0) is 53.2 Å².